The Balaban J connectivity index is 2.08. The number of anilines is 1. The number of carbonyl (C=O) groups excluding carboxylic acids is 2. The van der Waals surface area contributed by atoms with Crippen molar-refractivity contribution < 1.29 is 22.4 Å². The van der Waals surface area contributed by atoms with Crippen molar-refractivity contribution in [1.29, 1.82) is 0 Å². The Kier molecular flexibility index (Phi) is 10.7. The molecule has 3 aromatic carbocycles. The van der Waals surface area contributed by atoms with E-state index in [1.165, 1.54) is 31.1 Å². The van der Waals surface area contributed by atoms with E-state index < -0.39 is 34.5 Å². The van der Waals surface area contributed by atoms with Gasteiger partial charge in [0.05, 0.1) is 5.69 Å². The van der Waals surface area contributed by atoms with Gasteiger partial charge in [0, 0.05) is 38.1 Å². The molecular formula is C29H34ClFN4O4S. The zero-order valence-electron chi connectivity index (χ0n) is 22.9. The summed E-state index contributed by atoms with van der Waals surface area (Å²) in [5.41, 5.74) is 1.65. The highest BCUT2D eigenvalue weighted by Gasteiger charge is 2.34. The number of hydrogen-bond acceptors (Lipinski definition) is 4. The van der Waals surface area contributed by atoms with Gasteiger partial charge in [0.2, 0.25) is 11.8 Å². The molecule has 0 aromatic heterocycles. The van der Waals surface area contributed by atoms with E-state index in [4.69, 9.17) is 11.6 Å². The van der Waals surface area contributed by atoms with Crippen LogP contribution in [0.4, 0.5) is 10.1 Å². The van der Waals surface area contributed by atoms with E-state index in [1.54, 1.807) is 24.3 Å². The molecule has 214 valence electrons. The molecule has 8 nitrogen and oxygen atoms in total. The third kappa shape index (κ3) is 8.27. The minimum atomic E-state index is -4.16. The maximum absolute atomic E-state index is 14.1. The Morgan fingerprint density at radius 2 is 1.50 bits per heavy atom. The average Bonchev–Trinajstić information content (AvgIpc) is 2.90. The van der Waals surface area contributed by atoms with Crippen molar-refractivity contribution in [1.82, 2.24) is 14.5 Å². The van der Waals surface area contributed by atoms with Crippen LogP contribution in [-0.4, -0.2) is 62.2 Å². The van der Waals surface area contributed by atoms with Crippen molar-refractivity contribution in [3.05, 3.63) is 101 Å². The van der Waals surface area contributed by atoms with Crippen LogP contribution in [0.1, 0.15) is 25.0 Å². The molecule has 0 aliphatic heterocycles. The molecule has 0 fully saturated rings. The maximum atomic E-state index is 14.1. The second-order valence-corrected chi connectivity index (χ2v) is 12.3. The Labute approximate surface area is 240 Å². The van der Waals surface area contributed by atoms with Crippen LogP contribution in [0.25, 0.3) is 0 Å². The molecule has 40 heavy (non-hydrogen) atoms. The Bertz CT molecular complexity index is 1390. The van der Waals surface area contributed by atoms with Gasteiger partial charge in [-0.1, -0.05) is 54.1 Å². The van der Waals surface area contributed by atoms with E-state index in [0.29, 0.717) is 10.6 Å². The smallest absolute Gasteiger partial charge is 0.304 e. The average molecular weight is 589 g/mol. The predicted octanol–water partition coefficient (Wildman–Crippen LogP) is 4.26. The van der Waals surface area contributed by atoms with Crippen LogP contribution in [0, 0.1) is 5.82 Å². The lowest BCUT2D eigenvalue weighted by atomic mass is 10.0. The van der Waals surface area contributed by atoms with Crippen molar-refractivity contribution in [3.8, 4) is 0 Å². The highest BCUT2D eigenvalue weighted by Crippen LogP contribution is 2.22. The van der Waals surface area contributed by atoms with E-state index in [1.807, 2.05) is 44.2 Å². The first-order chi connectivity index (χ1) is 18.9. The first kappa shape index (κ1) is 31.1. The van der Waals surface area contributed by atoms with Gasteiger partial charge in [0.1, 0.15) is 18.4 Å². The first-order valence-electron chi connectivity index (χ1n) is 12.7. The molecule has 3 aromatic rings. The summed E-state index contributed by atoms with van der Waals surface area (Å²) in [6.45, 7) is 3.06. The summed E-state index contributed by atoms with van der Waals surface area (Å²) in [4.78, 5) is 29.0. The summed E-state index contributed by atoms with van der Waals surface area (Å²) in [6, 6.07) is 19.8. The van der Waals surface area contributed by atoms with Crippen molar-refractivity contribution in [2.45, 2.75) is 38.9 Å². The summed E-state index contributed by atoms with van der Waals surface area (Å²) in [7, 11) is -1.47. The van der Waals surface area contributed by atoms with Crippen molar-refractivity contribution in [3.63, 3.8) is 0 Å². The van der Waals surface area contributed by atoms with Gasteiger partial charge in [0.25, 0.3) is 0 Å². The van der Waals surface area contributed by atoms with Crippen LogP contribution in [0.15, 0.2) is 78.9 Å². The molecule has 11 heteroatoms. The van der Waals surface area contributed by atoms with E-state index >= 15 is 0 Å². The number of carbonyl (C=O) groups is 2. The second kappa shape index (κ2) is 13.7. The van der Waals surface area contributed by atoms with Gasteiger partial charge in [-0.15, -0.1) is 0 Å². The summed E-state index contributed by atoms with van der Waals surface area (Å²) in [5.74, 6) is -1.52. The number of amides is 2. The SMILES string of the molecule is CC(C)NC(=O)[C@H](Cc1ccccc1)N(Cc1ccc(Cl)cc1)C(=O)CN(c1ccc(F)cc1)S(=O)(=O)N(C)C. The van der Waals surface area contributed by atoms with Crippen LogP contribution < -0.4 is 9.62 Å². The Morgan fingerprint density at radius 1 is 0.900 bits per heavy atom. The molecule has 0 aliphatic carbocycles. The number of nitrogens with one attached hydrogen (secondary N) is 1. The molecule has 0 unspecified atom stereocenters. The molecular weight excluding hydrogens is 555 g/mol. The summed E-state index contributed by atoms with van der Waals surface area (Å²) in [6.07, 6.45) is 0.204. The molecule has 1 N–H and O–H groups in total. The molecule has 2 amide bonds. The predicted molar refractivity (Wildman–Crippen MR) is 156 cm³/mol. The van der Waals surface area contributed by atoms with Crippen LogP contribution in [-0.2, 0) is 32.8 Å². The molecule has 0 saturated carbocycles. The maximum Gasteiger partial charge on any atom is 0.304 e. The first-order valence-corrected chi connectivity index (χ1v) is 14.5. The van der Waals surface area contributed by atoms with Gasteiger partial charge in [0.15, 0.2) is 0 Å². The molecule has 0 bridgehead atoms. The zero-order chi connectivity index (χ0) is 29.4. The van der Waals surface area contributed by atoms with Gasteiger partial charge < -0.3 is 10.2 Å². The van der Waals surface area contributed by atoms with E-state index in [9.17, 15) is 22.4 Å². The Hall–Kier alpha value is -3.47. The Morgan fingerprint density at radius 3 is 2.05 bits per heavy atom. The highest BCUT2D eigenvalue weighted by atomic mass is 35.5. The number of hydrogen-bond donors (Lipinski definition) is 1. The van der Waals surface area contributed by atoms with Gasteiger partial charge in [-0.2, -0.15) is 12.7 Å². The fourth-order valence-corrected chi connectivity index (χ4v) is 5.23. The van der Waals surface area contributed by atoms with E-state index in [2.05, 4.69) is 5.32 Å². The molecule has 0 radical (unpaired) electrons. The van der Waals surface area contributed by atoms with Crippen molar-refractivity contribution in [2.24, 2.45) is 0 Å². The summed E-state index contributed by atoms with van der Waals surface area (Å²) in [5, 5.41) is 3.41. The minimum absolute atomic E-state index is 0.0261. The largest absolute Gasteiger partial charge is 0.352 e. The second-order valence-electron chi connectivity index (χ2n) is 9.79. The number of rotatable bonds is 12. The molecule has 0 saturated heterocycles. The van der Waals surface area contributed by atoms with Crippen LogP contribution in [0.3, 0.4) is 0 Å². The molecule has 3 rings (SSSR count). The van der Waals surface area contributed by atoms with E-state index in [-0.39, 0.29) is 30.6 Å². The lowest BCUT2D eigenvalue weighted by Crippen LogP contribution is -2.55. The van der Waals surface area contributed by atoms with Crippen LogP contribution >= 0.6 is 11.6 Å². The number of benzene rings is 3. The highest BCUT2D eigenvalue weighted by molar-refractivity contribution is 7.90. The van der Waals surface area contributed by atoms with Crippen molar-refractivity contribution >= 4 is 39.3 Å². The minimum Gasteiger partial charge on any atom is -0.352 e. The summed E-state index contributed by atoms with van der Waals surface area (Å²) >= 11 is 6.07. The molecule has 0 aliphatic rings. The third-order valence-corrected chi connectivity index (χ3v) is 8.17. The quantitative estimate of drug-likeness (QED) is 0.342. The normalized spacial score (nSPS) is 12.3. The zero-order valence-corrected chi connectivity index (χ0v) is 24.5. The number of halogens is 2. The topological polar surface area (TPSA) is 90.0 Å². The van der Waals surface area contributed by atoms with Gasteiger partial charge in [-0.05, 0) is 61.4 Å². The van der Waals surface area contributed by atoms with Crippen LogP contribution in [0.5, 0.6) is 0 Å². The van der Waals surface area contributed by atoms with Crippen molar-refractivity contribution in [2.75, 3.05) is 24.9 Å². The fourth-order valence-electron chi connectivity index (χ4n) is 4.05. The lowest BCUT2D eigenvalue weighted by molar-refractivity contribution is -0.140. The van der Waals surface area contributed by atoms with Gasteiger partial charge >= 0.3 is 10.2 Å². The molecule has 0 spiro atoms. The summed E-state index contributed by atoms with van der Waals surface area (Å²) < 4.78 is 42.2. The van der Waals surface area contributed by atoms with Gasteiger partial charge in [-0.3, -0.25) is 9.59 Å². The monoisotopic (exact) mass is 588 g/mol. The third-order valence-electron chi connectivity index (χ3n) is 6.10. The van der Waals surface area contributed by atoms with Crippen LogP contribution in [0.2, 0.25) is 5.02 Å². The van der Waals surface area contributed by atoms with E-state index in [0.717, 1.165) is 26.3 Å². The molecule has 1 atom stereocenters. The number of nitrogens with zero attached hydrogens (tertiary/aromatic N) is 3. The van der Waals surface area contributed by atoms with Gasteiger partial charge in [-0.25, -0.2) is 8.70 Å². The standard InChI is InChI=1S/C29H34ClFN4O4S/c1-21(2)32-29(37)27(18-22-8-6-5-7-9-22)34(19-23-10-12-24(30)13-11-23)28(36)20-35(40(38,39)33(3)4)26-16-14-25(31)15-17-26/h5-17,21,27H,18-20H2,1-4H3,(H,32,37)/t27-/m0/s1. The fraction of sp³-hybridized carbons (Fsp3) is 0.310. The lowest BCUT2D eigenvalue weighted by Gasteiger charge is -2.34. The molecule has 0 heterocycles.